The van der Waals surface area contributed by atoms with E-state index in [1.807, 2.05) is 6.07 Å². The molecule has 0 unspecified atom stereocenters. The SMILES string of the molecule is CS(=O)(=O)CC(=O)Nc1c2c(nn1-c1ccc(C#N)cn1)CC1(CN(c3nc(C(F)(F)F)cs3)C1)NC2=O. The first-order valence-corrected chi connectivity index (χ1v) is 13.8. The van der Waals surface area contributed by atoms with Crippen LogP contribution >= 0.6 is 11.3 Å². The van der Waals surface area contributed by atoms with Crippen LogP contribution in [0.4, 0.5) is 24.1 Å². The monoisotopic (exact) mass is 566 g/mol. The number of rotatable bonds is 5. The minimum absolute atomic E-state index is 0.00990. The third-order valence-corrected chi connectivity index (χ3v) is 7.54. The maximum absolute atomic E-state index is 13.2. The van der Waals surface area contributed by atoms with Gasteiger partial charge in [-0.2, -0.15) is 28.2 Å². The largest absolute Gasteiger partial charge is 0.434 e. The topological polar surface area (TPSA) is 163 Å². The Bertz CT molecular complexity index is 1600. The Labute approximate surface area is 217 Å². The summed E-state index contributed by atoms with van der Waals surface area (Å²) in [6.07, 6.45) is -2.22. The highest BCUT2D eigenvalue weighted by molar-refractivity contribution is 7.91. The third-order valence-electron chi connectivity index (χ3n) is 5.85. The van der Waals surface area contributed by atoms with E-state index in [2.05, 4.69) is 25.7 Å². The molecular formula is C21H17F3N8O4S2. The van der Waals surface area contributed by atoms with Gasteiger partial charge in [0.25, 0.3) is 5.91 Å². The summed E-state index contributed by atoms with van der Waals surface area (Å²) in [5, 5.41) is 19.9. The number of alkyl halides is 3. The Balaban J connectivity index is 1.45. The van der Waals surface area contributed by atoms with E-state index in [1.165, 1.54) is 23.0 Å². The number of amides is 2. The van der Waals surface area contributed by atoms with Crippen LogP contribution in [0.1, 0.15) is 27.3 Å². The van der Waals surface area contributed by atoms with Gasteiger partial charge < -0.3 is 15.5 Å². The summed E-state index contributed by atoms with van der Waals surface area (Å²) >= 11 is 0.847. The second kappa shape index (κ2) is 8.77. The molecule has 0 aliphatic carbocycles. The summed E-state index contributed by atoms with van der Waals surface area (Å²) in [7, 11) is -3.68. The molecule has 2 amide bonds. The molecular weight excluding hydrogens is 549 g/mol. The Morgan fingerprint density at radius 1 is 1.34 bits per heavy atom. The highest BCUT2D eigenvalue weighted by Gasteiger charge is 2.51. The van der Waals surface area contributed by atoms with Gasteiger partial charge in [-0.3, -0.25) is 9.59 Å². The number of hydrogen-bond acceptors (Lipinski definition) is 10. The number of anilines is 2. The van der Waals surface area contributed by atoms with E-state index in [0.29, 0.717) is 0 Å². The van der Waals surface area contributed by atoms with E-state index in [-0.39, 0.29) is 53.1 Å². The Hall–Kier alpha value is -4.04. The van der Waals surface area contributed by atoms with Crippen molar-refractivity contribution in [1.82, 2.24) is 25.1 Å². The van der Waals surface area contributed by atoms with Gasteiger partial charge in [0, 0.05) is 37.3 Å². The van der Waals surface area contributed by atoms with E-state index in [9.17, 15) is 31.2 Å². The van der Waals surface area contributed by atoms with Gasteiger partial charge in [-0.1, -0.05) is 0 Å². The first-order chi connectivity index (χ1) is 17.8. The van der Waals surface area contributed by atoms with Crippen molar-refractivity contribution in [3.8, 4) is 11.9 Å². The van der Waals surface area contributed by atoms with E-state index < -0.39 is 44.8 Å². The predicted octanol–water partition coefficient (Wildman–Crippen LogP) is 1.14. The van der Waals surface area contributed by atoms with Crippen LogP contribution in [-0.4, -0.2) is 70.6 Å². The lowest BCUT2D eigenvalue weighted by Crippen LogP contribution is -2.73. The van der Waals surface area contributed by atoms with Crippen molar-refractivity contribution in [3.05, 3.63) is 46.2 Å². The molecule has 0 aromatic carbocycles. The number of thiazole rings is 1. The minimum Gasteiger partial charge on any atom is -0.343 e. The number of sulfone groups is 1. The Morgan fingerprint density at radius 2 is 2.08 bits per heavy atom. The molecule has 0 atom stereocenters. The highest BCUT2D eigenvalue weighted by Crippen LogP contribution is 2.39. The highest BCUT2D eigenvalue weighted by atomic mass is 32.2. The number of pyridine rings is 1. The molecule has 1 spiro atoms. The van der Waals surface area contributed by atoms with Crippen LogP contribution < -0.4 is 15.5 Å². The zero-order valence-corrected chi connectivity index (χ0v) is 21.0. The predicted molar refractivity (Wildman–Crippen MR) is 128 cm³/mol. The van der Waals surface area contributed by atoms with Gasteiger partial charge in [-0.25, -0.2) is 18.4 Å². The maximum Gasteiger partial charge on any atom is 0.434 e. The molecule has 38 heavy (non-hydrogen) atoms. The number of hydrogen-bond donors (Lipinski definition) is 2. The molecule has 17 heteroatoms. The number of nitriles is 1. The van der Waals surface area contributed by atoms with Crippen LogP contribution in [-0.2, 0) is 27.2 Å². The molecule has 3 aromatic heterocycles. The molecule has 2 aliphatic heterocycles. The summed E-state index contributed by atoms with van der Waals surface area (Å²) < 4.78 is 63.2. The lowest BCUT2D eigenvalue weighted by atomic mass is 9.81. The normalized spacial score (nSPS) is 16.4. The van der Waals surface area contributed by atoms with Gasteiger partial charge >= 0.3 is 6.18 Å². The summed E-state index contributed by atoms with van der Waals surface area (Å²) in [5.74, 6) is -2.26. The lowest BCUT2D eigenvalue weighted by molar-refractivity contribution is -0.140. The minimum atomic E-state index is -4.56. The maximum atomic E-state index is 13.2. The number of halogens is 3. The molecule has 1 saturated heterocycles. The molecule has 5 heterocycles. The zero-order valence-electron chi connectivity index (χ0n) is 19.4. The molecule has 3 aromatic rings. The second-order valence-corrected chi connectivity index (χ2v) is 12.0. The Kier molecular flexibility index (Phi) is 5.91. The van der Waals surface area contributed by atoms with Gasteiger partial charge in [0.1, 0.15) is 17.4 Å². The number of fused-ring (bicyclic) bond motifs is 1. The molecule has 1 fully saturated rings. The fourth-order valence-electron chi connectivity index (χ4n) is 4.31. The van der Waals surface area contributed by atoms with Crippen molar-refractivity contribution in [2.75, 3.05) is 35.3 Å². The second-order valence-electron chi connectivity index (χ2n) is 9.00. The average Bonchev–Trinajstić information content (AvgIpc) is 3.42. The number of nitrogens with zero attached hydrogens (tertiary/aromatic N) is 6. The van der Waals surface area contributed by atoms with Crippen molar-refractivity contribution in [2.24, 2.45) is 0 Å². The van der Waals surface area contributed by atoms with Crippen molar-refractivity contribution in [3.63, 3.8) is 0 Å². The lowest BCUT2D eigenvalue weighted by Gasteiger charge is -2.51. The first-order valence-electron chi connectivity index (χ1n) is 10.8. The van der Waals surface area contributed by atoms with E-state index in [4.69, 9.17) is 5.26 Å². The van der Waals surface area contributed by atoms with Gasteiger partial charge in [0.15, 0.2) is 32.3 Å². The smallest absolute Gasteiger partial charge is 0.343 e. The van der Waals surface area contributed by atoms with Crippen LogP contribution in [0.2, 0.25) is 0 Å². The molecule has 2 N–H and O–H groups in total. The summed E-state index contributed by atoms with van der Waals surface area (Å²) in [6, 6.07) is 4.83. The van der Waals surface area contributed by atoms with Crippen molar-refractivity contribution in [2.45, 2.75) is 18.1 Å². The molecule has 2 aliphatic rings. The van der Waals surface area contributed by atoms with Crippen LogP contribution in [0.15, 0.2) is 23.7 Å². The van der Waals surface area contributed by atoms with E-state index in [1.54, 1.807) is 4.90 Å². The van der Waals surface area contributed by atoms with Crippen molar-refractivity contribution >= 4 is 43.9 Å². The first kappa shape index (κ1) is 25.6. The number of aromatic nitrogens is 4. The third kappa shape index (κ3) is 4.79. The van der Waals surface area contributed by atoms with Crippen LogP contribution in [0.3, 0.4) is 0 Å². The summed E-state index contributed by atoms with van der Waals surface area (Å²) in [4.78, 5) is 35.1. The van der Waals surface area contributed by atoms with Gasteiger partial charge in [-0.05, 0) is 12.1 Å². The van der Waals surface area contributed by atoms with Gasteiger partial charge in [-0.15, -0.1) is 11.3 Å². The van der Waals surface area contributed by atoms with Gasteiger partial charge in [0.2, 0.25) is 5.91 Å². The number of carbonyl (C=O) groups is 2. The Morgan fingerprint density at radius 3 is 2.66 bits per heavy atom. The molecule has 0 saturated carbocycles. The molecule has 12 nitrogen and oxygen atoms in total. The quantitative estimate of drug-likeness (QED) is 0.461. The van der Waals surface area contributed by atoms with Gasteiger partial charge in [0.05, 0.1) is 16.8 Å². The summed E-state index contributed by atoms with van der Waals surface area (Å²) in [5.41, 5.74) is -1.27. The average molecular weight is 567 g/mol. The van der Waals surface area contributed by atoms with Crippen LogP contribution in [0.5, 0.6) is 0 Å². The zero-order chi connectivity index (χ0) is 27.5. The molecule has 5 rings (SSSR count). The van der Waals surface area contributed by atoms with E-state index >= 15 is 0 Å². The van der Waals surface area contributed by atoms with Crippen molar-refractivity contribution < 1.29 is 31.2 Å². The molecule has 0 radical (unpaired) electrons. The number of carbonyl (C=O) groups excluding carboxylic acids is 2. The fourth-order valence-corrected chi connectivity index (χ4v) is 5.69. The fraction of sp³-hybridized carbons (Fsp3) is 0.333. The van der Waals surface area contributed by atoms with Crippen LogP contribution in [0.25, 0.3) is 5.82 Å². The molecule has 198 valence electrons. The molecule has 0 bridgehead atoms. The standard InChI is InChI=1S/C21H17F3N8O4S2/c1-38(35,36)8-15(33)28-17-16-12(30-32(17)14-3-2-11(5-25)6-26-14)4-20(29-18(16)34)9-31(10-20)19-27-13(7-37-19)21(22,23)24/h2-3,6-7H,4,8-10H2,1H3,(H,28,33)(H,29,34). The van der Waals surface area contributed by atoms with E-state index in [0.717, 1.165) is 23.0 Å². The summed E-state index contributed by atoms with van der Waals surface area (Å²) in [6.45, 7) is 0.363. The van der Waals surface area contributed by atoms with Crippen LogP contribution in [0, 0.1) is 11.3 Å². The van der Waals surface area contributed by atoms with Crippen molar-refractivity contribution in [1.29, 1.82) is 5.26 Å². The number of nitrogens with one attached hydrogen (secondary N) is 2.